The number of carbonyl (C=O) groups is 2. The first kappa shape index (κ1) is 14.6. The average molecular weight is 283 g/mol. The lowest BCUT2D eigenvalue weighted by Gasteiger charge is -2.09. The van der Waals surface area contributed by atoms with Gasteiger partial charge in [-0.25, -0.2) is 0 Å². The molecule has 5 nitrogen and oxygen atoms in total. The van der Waals surface area contributed by atoms with E-state index in [1.54, 1.807) is 36.4 Å². The molecule has 0 saturated heterocycles. The standard InChI is InChI=1S/C16H17N3O2/c1-10-2-7-14(17)13(8-10)16(21)19-12-5-3-11(4-6-12)9-15(18)20/h2-8H,9,17H2,1H3,(H2,18,20)(H,19,21). The molecule has 0 bridgehead atoms. The number of nitrogen functional groups attached to an aromatic ring is 1. The van der Waals surface area contributed by atoms with Crippen molar-refractivity contribution < 1.29 is 9.59 Å². The van der Waals surface area contributed by atoms with Gasteiger partial charge in [0.1, 0.15) is 0 Å². The highest BCUT2D eigenvalue weighted by atomic mass is 16.2. The Morgan fingerprint density at radius 3 is 2.38 bits per heavy atom. The monoisotopic (exact) mass is 283 g/mol. The van der Waals surface area contributed by atoms with Gasteiger partial charge in [0.25, 0.3) is 5.91 Å². The van der Waals surface area contributed by atoms with Crippen molar-refractivity contribution in [2.75, 3.05) is 11.1 Å². The third-order valence-corrected chi connectivity index (χ3v) is 3.04. The Hall–Kier alpha value is -2.82. The van der Waals surface area contributed by atoms with Crippen molar-refractivity contribution in [1.82, 2.24) is 0 Å². The van der Waals surface area contributed by atoms with E-state index in [9.17, 15) is 9.59 Å². The quantitative estimate of drug-likeness (QED) is 0.747. The Kier molecular flexibility index (Phi) is 4.23. The summed E-state index contributed by atoms with van der Waals surface area (Å²) in [7, 11) is 0. The molecule has 0 aromatic heterocycles. The first-order chi connectivity index (χ1) is 9.95. The molecule has 5 heteroatoms. The normalized spacial score (nSPS) is 10.1. The van der Waals surface area contributed by atoms with E-state index >= 15 is 0 Å². The molecule has 0 atom stereocenters. The summed E-state index contributed by atoms with van der Waals surface area (Å²) >= 11 is 0. The minimum absolute atomic E-state index is 0.180. The van der Waals surface area contributed by atoms with Gasteiger partial charge >= 0.3 is 0 Å². The van der Waals surface area contributed by atoms with Gasteiger partial charge in [-0.15, -0.1) is 0 Å². The second-order valence-corrected chi connectivity index (χ2v) is 4.88. The Morgan fingerprint density at radius 1 is 1.10 bits per heavy atom. The number of primary amides is 1. The van der Waals surface area contributed by atoms with Crippen LogP contribution in [0.2, 0.25) is 0 Å². The predicted octanol–water partition coefficient (Wildman–Crippen LogP) is 1.86. The van der Waals surface area contributed by atoms with E-state index < -0.39 is 0 Å². The number of amides is 2. The van der Waals surface area contributed by atoms with E-state index in [4.69, 9.17) is 11.5 Å². The van der Waals surface area contributed by atoms with Gasteiger partial charge in [-0.3, -0.25) is 9.59 Å². The number of nitrogens with one attached hydrogen (secondary N) is 1. The molecule has 2 aromatic carbocycles. The number of benzene rings is 2. The maximum absolute atomic E-state index is 12.2. The lowest BCUT2D eigenvalue weighted by Crippen LogP contribution is -2.15. The Morgan fingerprint density at radius 2 is 1.76 bits per heavy atom. The van der Waals surface area contributed by atoms with Crippen molar-refractivity contribution in [3.05, 3.63) is 59.2 Å². The lowest BCUT2D eigenvalue weighted by atomic mass is 10.1. The number of carbonyl (C=O) groups excluding carboxylic acids is 2. The number of hydrogen-bond donors (Lipinski definition) is 3. The zero-order valence-electron chi connectivity index (χ0n) is 11.7. The average Bonchev–Trinajstić information content (AvgIpc) is 2.43. The molecule has 0 spiro atoms. The van der Waals surface area contributed by atoms with E-state index in [-0.39, 0.29) is 18.2 Å². The van der Waals surface area contributed by atoms with Crippen LogP contribution in [-0.2, 0) is 11.2 Å². The van der Waals surface area contributed by atoms with Crippen molar-refractivity contribution in [3.63, 3.8) is 0 Å². The number of hydrogen-bond acceptors (Lipinski definition) is 3. The smallest absolute Gasteiger partial charge is 0.257 e. The van der Waals surface area contributed by atoms with Crippen molar-refractivity contribution in [1.29, 1.82) is 0 Å². The molecule has 5 N–H and O–H groups in total. The summed E-state index contributed by atoms with van der Waals surface area (Å²) in [6.07, 6.45) is 0.180. The third kappa shape index (κ3) is 3.82. The molecule has 108 valence electrons. The van der Waals surface area contributed by atoms with E-state index in [1.165, 1.54) is 0 Å². The number of aryl methyl sites for hydroxylation is 1. The number of nitrogens with two attached hydrogens (primary N) is 2. The maximum Gasteiger partial charge on any atom is 0.257 e. The van der Waals surface area contributed by atoms with E-state index in [0.717, 1.165) is 11.1 Å². The lowest BCUT2D eigenvalue weighted by molar-refractivity contribution is -0.117. The van der Waals surface area contributed by atoms with Crippen molar-refractivity contribution in [2.24, 2.45) is 5.73 Å². The molecule has 0 unspecified atom stereocenters. The van der Waals surface area contributed by atoms with E-state index in [0.29, 0.717) is 16.9 Å². The first-order valence-corrected chi connectivity index (χ1v) is 6.50. The van der Waals surface area contributed by atoms with Gasteiger partial charge in [0, 0.05) is 11.4 Å². The van der Waals surface area contributed by atoms with Crippen molar-refractivity contribution >= 4 is 23.2 Å². The highest BCUT2D eigenvalue weighted by Gasteiger charge is 2.10. The van der Waals surface area contributed by atoms with Crippen molar-refractivity contribution in [2.45, 2.75) is 13.3 Å². The highest BCUT2D eigenvalue weighted by Crippen LogP contribution is 2.17. The molecular formula is C16H17N3O2. The molecule has 21 heavy (non-hydrogen) atoms. The van der Waals surface area contributed by atoms with Crippen LogP contribution < -0.4 is 16.8 Å². The van der Waals surface area contributed by atoms with Crippen LogP contribution in [-0.4, -0.2) is 11.8 Å². The zero-order valence-corrected chi connectivity index (χ0v) is 11.7. The molecule has 0 aliphatic heterocycles. The molecular weight excluding hydrogens is 266 g/mol. The summed E-state index contributed by atoms with van der Waals surface area (Å²) in [5.74, 6) is -0.654. The minimum Gasteiger partial charge on any atom is -0.398 e. The third-order valence-electron chi connectivity index (χ3n) is 3.04. The van der Waals surface area contributed by atoms with Crippen LogP contribution in [0.5, 0.6) is 0 Å². The fourth-order valence-electron chi connectivity index (χ4n) is 1.97. The van der Waals surface area contributed by atoms with Crippen LogP contribution in [0.1, 0.15) is 21.5 Å². The Bertz CT molecular complexity index is 678. The van der Waals surface area contributed by atoms with Gasteiger partial charge in [0.15, 0.2) is 0 Å². The van der Waals surface area contributed by atoms with Gasteiger partial charge in [0.2, 0.25) is 5.91 Å². The van der Waals surface area contributed by atoms with Crippen LogP contribution in [0.3, 0.4) is 0 Å². The fraction of sp³-hybridized carbons (Fsp3) is 0.125. The molecule has 0 radical (unpaired) electrons. The largest absolute Gasteiger partial charge is 0.398 e. The van der Waals surface area contributed by atoms with Crippen molar-refractivity contribution in [3.8, 4) is 0 Å². The van der Waals surface area contributed by atoms with Gasteiger partial charge < -0.3 is 16.8 Å². The summed E-state index contributed by atoms with van der Waals surface area (Å²) in [6, 6.07) is 12.3. The predicted molar refractivity (Wildman–Crippen MR) is 82.9 cm³/mol. The van der Waals surface area contributed by atoms with Crippen LogP contribution in [0.25, 0.3) is 0 Å². The summed E-state index contributed by atoms with van der Waals surface area (Å²) in [6.45, 7) is 1.90. The summed E-state index contributed by atoms with van der Waals surface area (Å²) < 4.78 is 0. The van der Waals surface area contributed by atoms with Crippen LogP contribution in [0.15, 0.2) is 42.5 Å². The zero-order chi connectivity index (χ0) is 15.4. The number of rotatable bonds is 4. The van der Waals surface area contributed by atoms with Gasteiger partial charge in [0.05, 0.1) is 12.0 Å². The molecule has 0 fully saturated rings. The fourth-order valence-corrected chi connectivity index (χ4v) is 1.97. The SMILES string of the molecule is Cc1ccc(N)c(C(=O)Nc2ccc(CC(N)=O)cc2)c1. The molecule has 2 rings (SSSR count). The van der Waals surface area contributed by atoms with Crippen LogP contribution in [0.4, 0.5) is 11.4 Å². The molecule has 2 amide bonds. The Balaban J connectivity index is 2.12. The van der Waals surface area contributed by atoms with E-state index in [1.807, 2.05) is 13.0 Å². The first-order valence-electron chi connectivity index (χ1n) is 6.50. The summed E-state index contributed by atoms with van der Waals surface area (Å²) in [5, 5.41) is 2.77. The second kappa shape index (κ2) is 6.09. The topological polar surface area (TPSA) is 98.2 Å². The Labute approximate surface area is 123 Å². The molecule has 2 aromatic rings. The van der Waals surface area contributed by atoms with E-state index in [2.05, 4.69) is 5.32 Å². The minimum atomic E-state index is -0.390. The van der Waals surface area contributed by atoms with Gasteiger partial charge in [-0.05, 0) is 36.8 Å². The van der Waals surface area contributed by atoms with Crippen LogP contribution >= 0.6 is 0 Å². The molecule has 0 aliphatic rings. The number of anilines is 2. The summed E-state index contributed by atoms with van der Waals surface area (Å²) in [4.78, 5) is 23.0. The second-order valence-electron chi connectivity index (χ2n) is 4.88. The van der Waals surface area contributed by atoms with Crippen LogP contribution in [0, 0.1) is 6.92 Å². The highest BCUT2D eigenvalue weighted by molar-refractivity contribution is 6.07. The molecule has 0 saturated carbocycles. The van der Waals surface area contributed by atoms with Gasteiger partial charge in [-0.1, -0.05) is 23.8 Å². The summed E-state index contributed by atoms with van der Waals surface area (Å²) in [5.41, 5.74) is 14.2. The molecule has 0 aliphatic carbocycles. The van der Waals surface area contributed by atoms with Gasteiger partial charge in [-0.2, -0.15) is 0 Å². The molecule has 0 heterocycles. The maximum atomic E-state index is 12.2.